The van der Waals surface area contributed by atoms with Crippen molar-refractivity contribution in [3.63, 3.8) is 0 Å². The van der Waals surface area contributed by atoms with E-state index in [1.807, 2.05) is 36.4 Å². The van der Waals surface area contributed by atoms with Gasteiger partial charge >= 0.3 is 11.9 Å². The molecule has 0 heterocycles. The predicted molar refractivity (Wildman–Crippen MR) is 94.1 cm³/mol. The van der Waals surface area contributed by atoms with E-state index < -0.39 is 17.9 Å². The first-order valence-electron chi connectivity index (χ1n) is 8.41. The Morgan fingerprint density at radius 1 is 1.04 bits per heavy atom. The molecular weight excluding hydrogens is 318 g/mol. The fraction of sp³-hybridized carbons (Fsp3) is 0.300. The maximum atomic E-state index is 12.2. The van der Waals surface area contributed by atoms with Crippen LogP contribution in [-0.4, -0.2) is 30.2 Å². The highest BCUT2D eigenvalue weighted by atomic mass is 16.5. The van der Waals surface area contributed by atoms with Gasteiger partial charge in [0.25, 0.3) is 0 Å². The number of carbonyl (C=O) groups is 2. The molecule has 25 heavy (non-hydrogen) atoms. The molecule has 3 rings (SSSR count). The van der Waals surface area contributed by atoms with Crippen LogP contribution < -0.4 is 5.73 Å². The van der Waals surface area contributed by atoms with Crippen molar-refractivity contribution >= 4 is 11.9 Å². The lowest BCUT2D eigenvalue weighted by Crippen LogP contribution is -2.28. The van der Waals surface area contributed by atoms with Gasteiger partial charge in [-0.2, -0.15) is 0 Å². The second-order valence-electron chi connectivity index (χ2n) is 6.18. The Kier molecular flexibility index (Phi) is 5.14. The van der Waals surface area contributed by atoms with Crippen molar-refractivity contribution in [1.29, 1.82) is 0 Å². The van der Waals surface area contributed by atoms with E-state index >= 15 is 0 Å². The van der Waals surface area contributed by atoms with Crippen molar-refractivity contribution in [3.05, 3.63) is 59.7 Å². The summed E-state index contributed by atoms with van der Waals surface area (Å²) in [5.74, 6) is -3.08. The maximum absolute atomic E-state index is 12.2. The number of rotatable bonds is 7. The minimum Gasteiger partial charge on any atom is -0.481 e. The number of aliphatic carboxylic acids is 1. The number of carboxylic acid groups (broad SMARTS) is 1. The Hall–Kier alpha value is -2.66. The summed E-state index contributed by atoms with van der Waals surface area (Å²) in [4.78, 5) is 23.5. The molecule has 0 saturated carbocycles. The molecule has 1 aliphatic carbocycles. The summed E-state index contributed by atoms with van der Waals surface area (Å²) in [5.41, 5.74) is 9.89. The van der Waals surface area contributed by atoms with Gasteiger partial charge in [-0.05, 0) is 41.6 Å². The molecule has 130 valence electrons. The van der Waals surface area contributed by atoms with Gasteiger partial charge in [-0.3, -0.25) is 9.59 Å². The van der Waals surface area contributed by atoms with Crippen molar-refractivity contribution < 1.29 is 19.4 Å². The van der Waals surface area contributed by atoms with E-state index in [2.05, 4.69) is 12.1 Å². The second-order valence-corrected chi connectivity index (χ2v) is 6.18. The smallest absolute Gasteiger partial charge is 0.320 e. The standard InChI is InChI=1S/C20H21NO4/c21-11-5-10-17(19(22)23)20(24)25-12-18-15-8-3-1-6-13(15)14-7-2-4-9-16(14)18/h1-4,6-9,17-18H,5,10-12,21H2,(H,22,23). The molecule has 5 heteroatoms. The number of hydrogen-bond acceptors (Lipinski definition) is 4. The quantitative estimate of drug-likeness (QED) is 0.598. The highest BCUT2D eigenvalue weighted by molar-refractivity contribution is 5.94. The summed E-state index contributed by atoms with van der Waals surface area (Å²) >= 11 is 0. The van der Waals surface area contributed by atoms with Gasteiger partial charge in [-0.15, -0.1) is 0 Å². The lowest BCUT2D eigenvalue weighted by molar-refractivity contribution is -0.159. The van der Waals surface area contributed by atoms with Gasteiger partial charge < -0.3 is 15.6 Å². The first-order valence-corrected chi connectivity index (χ1v) is 8.41. The van der Waals surface area contributed by atoms with E-state index in [0.717, 1.165) is 22.3 Å². The van der Waals surface area contributed by atoms with Gasteiger partial charge in [-0.25, -0.2) is 0 Å². The molecule has 2 aromatic rings. The summed E-state index contributed by atoms with van der Waals surface area (Å²) in [6.07, 6.45) is 0.670. The Bertz CT molecular complexity index is 741. The van der Waals surface area contributed by atoms with Crippen LogP contribution in [0, 0.1) is 5.92 Å². The zero-order chi connectivity index (χ0) is 17.8. The van der Waals surface area contributed by atoms with Crippen LogP contribution in [-0.2, 0) is 14.3 Å². The normalized spacial score (nSPS) is 13.8. The molecule has 1 aliphatic rings. The Morgan fingerprint density at radius 2 is 1.60 bits per heavy atom. The summed E-state index contributed by atoms with van der Waals surface area (Å²) in [6.45, 7) is 0.486. The van der Waals surface area contributed by atoms with Crippen molar-refractivity contribution in [2.45, 2.75) is 18.8 Å². The van der Waals surface area contributed by atoms with Crippen LogP contribution in [0.25, 0.3) is 11.1 Å². The third-order valence-electron chi connectivity index (χ3n) is 4.63. The van der Waals surface area contributed by atoms with Crippen LogP contribution in [0.4, 0.5) is 0 Å². The van der Waals surface area contributed by atoms with E-state index in [1.165, 1.54) is 0 Å². The third kappa shape index (κ3) is 3.42. The Balaban J connectivity index is 1.77. The van der Waals surface area contributed by atoms with Gasteiger partial charge in [0.05, 0.1) is 0 Å². The number of carbonyl (C=O) groups excluding carboxylic acids is 1. The molecule has 0 amide bonds. The number of hydrogen-bond donors (Lipinski definition) is 2. The molecule has 5 nitrogen and oxygen atoms in total. The molecule has 0 aromatic heterocycles. The highest BCUT2D eigenvalue weighted by Crippen LogP contribution is 2.44. The van der Waals surface area contributed by atoms with Crippen molar-refractivity contribution in [2.75, 3.05) is 13.2 Å². The van der Waals surface area contributed by atoms with Gasteiger partial charge in [0.2, 0.25) is 0 Å². The second kappa shape index (κ2) is 7.49. The van der Waals surface area contributed by atoms with E-state index in [-0.39, 0.29) is 18.9 Å². The van der Waals surface area contributed by atoms with Crippen LogP contribution >= 0.6 is 0 Å². The molecular formula is C20H21NO4. The molecule has 0 fully saturated rings. The Morgan fingerprint density at radius 3 is 2.12 bits per heavy atom. The van der Waals surface area contributed by atoms with Crippen LogP contribution in [0.1, 0.15) is 29.9 Å². The molecule has 0 saturated heterocycles. The first-order chi connectivity index (χ1) is 12.1. The fourth-order valence-corrected chi connectivity index (χ4v) is 3.37. The summed E-state index contributed by atoms with van der Waals surface area (Å²) in [5, 5.41) is 9.24. The minimum absolute atomic E-state index is 0.0692. The Labute approximate surface area is 146 Å². The lowest BCUT2D eigenvalue weighted by Gasteiger charge is -2.16. The lowest BCUT2D eigenvalue weighted by atomic mass is 9.98. The molecule has 0 bridgehead atoms. The van der Waals surface area contributed by atoms with E-state index in [4.69, 9.17) is 10.5 Å². The number of benzene rings is 2. The van der Waals surface area contributed by atoms with Crippen LogP contribution in [0.15, 0.2) is 48.5 Å². The van der Waals surface area contributed by atoms with E-state index in [9.17, 15) is 14.7 Å². The zero-order valence-corrected chi connectivity index (χ0v) is 13.9. The minimum atomic E-state index is -1.16. The molecule has 3 N–H and O–H groups in total. The number of ether oxygens (including phenoxy) is 1. The molecule has 1 unspecified atom stereocenters. The molecule has 0 aliphatic heterocycles. The number of esters is 1. The van der Waals surface area contributed by atoms with Crippen molar-refractivity contribution in [2.24, 2.45) is 11.7 Å². The summed E-state index contributed by atoms with van der Waals surface area (Å²) < 4.78 is 5.40. The average molecular weight is 339 g/mol. The van der Waals surface area contributed by atoms with Gasteiger partial charge in [0, 0.05) is 5.92 Å². The fourth-order valence-electron chi connectivity index (χ4n) is 3.37. The molecule has 1 atom stereocenters. The van der Waals surface area contributed by atoms with Crippen LogP contribution in [0.3, 0.4) is 0 Å². The van der Waals surface area contributed by atoms with E-state index in [1.54, 1.807) is 0 Å². The van der Waals surface area contributed by atoms with Gasteiger partial charge in [0.1, 0.15) is 6.61 Å². The monoisotopic (exact) mass is 339 g/mol. The predicted octanol–water partition coefficient (Wildman–Crippen LogP) is 2.78. The third-order valence-corrected chi connectivity index (χ3v) is 4.63. The van der Waals surface area contributed by atoms with Gasteiger partial charge in [0.15, 0.2) is 5.92 Å². The zero-order valence-electron chi connectivity index (χ0n) is 13.9. The van der Waals surface area contributed by atoms with E-state index in [0.29, 0.717) is 13.0 Å². The van der Waals surface area contributed by atoms with Crippen LogP contribution in [0.5, 0.6) is 0 Å². The maximum Gasteiger partial charge on any atom is 0.320 e. The molecule has 2 aromatic carbocycles. The van der Waals surface area contributed by atoms with Crippen LogP contribution in [0.2, 0.25) is 0 Å². The van der Waals surface area contributed by atoms with Crippen molar-refractivity contribution in [1.82, 2.24) is 0 Å². The average Bonchev–Trinajstić information content (AvgIpc) is 2.94. The number of nitrogens with two attached hydrogens (primary N) is 1. The SMILES string of the molecule is NCCCC(C(=O)O)C(=O)OCC1c2ccccc2-c2ccccc21. The topological polar surface area (TPSA) is 89.6 Å². The number of fused-ring (bicyclic) bond motifs is 3. The molecule has 0 radical (unpaired) electrons. The van der Waals surface area contributed by atoms with Gasteiger partial charge in [-0.1, -0.05) is 48.5 Å². The summed E-state index contributed by atoms with van der Waals surface area (Å²) in [6, 6.07) is 16.0. The first kappa shape index (κ1) is 17.2. The highest BCUT2D eigenvalue weighted by Gasteiger charge is 2.32. The molecule has 0 spiro atoms. The largest absolute Gasteiger partial charge is 0.481 e. The van der Waals surface area contributed by atoms with Crippen molar-refractivity contribution in [3.8, 4) is 11.1 Å². The number of carboxylic acids is 1. The summed E-state index contributed by atoms with van der Waals surface area (Å²) in [7, 11) is 0.